The Bertz CT molecular complexity index is 856. The van der Waals surface area contributed by atoms with Crippen LogP contribution >= 0.6 is 11.6 Å². The van der Waals surface area contributed by atoms with E-state index in [2.05, 4.69) is 5.32 Å². The van der Waals surface area contributed by atoms with Gasteiger partial charge < -0.3 is 19.5 Å². The number of methoxy groups -OCH3 is 2. The number of benzene rings is 2. The van der Waals surface area contributed by atoms with E-state index in [0.717, 1.165) is 17.7 Å². The number of carbonyl (C=O) groups excluding carboxylic acids is 1. The Morgan fingerprint density at radius 1 is 1.26 bits per heavy atom. The highest BCUT2D eigenvalue weighted by Crippen LogP contribution is 2.38. The molecule has 7 heteroatoms. The molecule has 0 radical (unpaired) electrons. The van der Waals surface area contributed by atoms with Crippen LogP contribution in [0, 0.1) is 6.92 Å². The van der Waals surface area contributed by atoms with Crippen molar-refractivity contribution in [2.24, 2.45) is 0 Å². The van der Waals surface area contributed by atoms with Gasteiger partial charge in [0, 0.05) is 6.07 Å². The highest BCUT2D eigenvalue weighted by Gasteiger charge is 2.29. The molecule has 144 valence electrons. The van der Waals surface area contributed by atoms with Crippen molar-refractivity contribution in [1.29, 1.82) is 0 Å². The summed E-state index contributed by atoms with van der Waals surface area (Å²) in [6.07, 6.45) is 0.738. The van der Waals surface area contributed by atoms with Gasteiger partial charge in [-0.1, -0.05) is 24.6 Å². The molecule has 2 amide bonds. The molecule has 1 heterocycles. The standard InChI is InChI=1S/C20H23ClN2O4/c1-5-13-11-23(16-8-12(2)6-7-17(16)27-13)20(24)22-15-9-14(21)18(25-3)10-19(15)26-4/h6-10,13H,5,11H2,1-4H3,(H,22,24)/t13-/m0/s1. The third-order valence-electron chi connectivity index (χ3n) is 4.50. The quantitative estimate of drug-likeness (QED) is 0.808. The van der Waals surface area contributed by atoms with Crippen molar-refractivity contribution in [1.82, 2.24) is 0 Å². The van der Waals surface area contributed by atoms with Crippen LogP contribution in [0.1, 0.15) is 18.9 Å². The number of hydrogen-bond donors (Lipinski definition) is 1. The number of anilines is 2. The highest BCUT2D eigenvalue weighted by molar-refractivity contribution is 6.32. The fraction of sp³-hybridized carbons (Fsp3) is 0.350. The Kier molecular flexibility index (Phi) is 5.65. The predicted octanol–water partition coefficient (Wildman–Crippen LogP) is 4.88. The van der Waals surface area contributed by atoms with Gasteiger partial charge in [0.1, 0.15) is 23.4 Å². The second kappa shape index (κ2) is 7.96. The maximum atomic E-state index is 13.1. The number of hydrogen-bond acceptors (Lipinski definition) is 4. The Morgan fingerprint density at radius 3 is 2.67 bits per heavy atom. The topological polar surface area (TPSA) is 60.0 Å². The van der Waals surface area contributed by atoms with E-state index < -0.39 is 0 Å². The molecule has 0 saturated carbocycles. The first kappa shape index (κ1) is 19.2. The van der Waals surface area contributed by atoms with E-state index in [1.54, 1.807) is 17.0 Å². The largest absolute Gasteiger partial charge is 0.495 e. The molecule has 0 aliphatic carbocycles. The summed E-state index contributed by atoms with van der Waals surface area (Å²) in [5.74, 6) is 1.65. The molecule has 0 saturated heterocycles. The molecule has 1 aliphatic rings. The summed E-state index contributed by atoms with van der Waals surface area (Å²) < 4.78 is 16.5. The summed E-state index contributed by atoms with van der Waals surface area (Å²) >= 11 is 6.21. The van der Waals surface area contributed by atoms with Gasteiger partial charge in [-0.25, -0.2) is 4.79 Å². The summed E-state index contributed by atoms with van der Waals surface area (Å²) in [5, 5.41) is 3.28. The first-order valence-corrected chi connectivity index (χ1v) is 9.12. The summed E-state index contributed by atoms with van der Waals surface area (Å²) in [7, 11) is 3.05. The number of rotatable bonds is 4. The molecule has 1 atom stereocenters. The van der Waals surface area contributed by atoms with Crippen molar-refractivity contribution in [3.8, 4) is 17.2 Å². The Balaban J connectivity index is 1.92. The van der Waals surface area contributed by atoms with Gasteiger partial charge in [-0.3, -0.25) is 4.90 Å². The third-order valence-corrected chi connectivity index (χ3v) is 4.80. The number of ether oxygens (including phenoxy) is 3. The molecule has 2 aromatic carbocycles. The van der Waals surface area contributed by atoms with Crippen molar-refractivity contribution in [3.05, 3.63) is 40.9 Å². The van der Waals surface area contributed by atoms with Gasteiger partial charge in [0.05, 0.1) is 37.2 Å². The van der Waals surface area contributed by atoms with E-state index >= 15 is 0 Å². The van der Waals surface area contributed by atoms with Gasteiger partial charge >= 0.3 is 6.03 Å². The minimum absolute atomic E-state index is 0.0627. The molecule has 2 aromatic rings. The average molecular weight is 391 g/mol. The summed E-state index contributed by atoms with van der Waals surface area (Å²) in [6, 6.07) is 8.80. The molecule has 0 unspecified atom stereocenters. The van der Waals surface area contributed by atoms with Gasteiger partial charge in [-0.15, -0.1) is 0 Å². The minimum Gasteiger partial charge on any atom is -0.495 e. The van der Waals surface area contributed by atoms with Crippen LogP contribution in [0.25, 0.3) is 0 Å². The lowest BCUT2D eigenvalue weighted by atomic mass is 10.1. The van der Waals surface area contributed by atoms with Crippen molar-refractivity contribution >= 4 is 29.0 Å². The number of halogens is 1. The second-order valence-corrected chi connectivity index (χ2v) is 6.75. The molecule has 6 nitrogen and oxygen atoms in total. The number of amides is 2. The van der Waals surface area contributed by atoms with Crippen LogP contribution in [0.5, 0.6) is 17.2 Å². The van der Waals surface area contributed by atoms with E-state index in [1.807, 2.05) is 32.0 Å². The van der Waals surface area contributed by atoms with E-state index in [0.29, 0.717) is 34.5 Å². The highest BCUT2D eigenvalue weighted by atomic mass is 35.5. The van der Waals surface area contributed by atoms with E-state index in [-0.39, 0.29) is 12.1 Å². The fourth-order valence-corrected chi connectivity index (χ4v) is 3.24. The summed E-state index contributed by atoms with van der Waals surface area (Å²) in [4.78, 5) is 14.8. The molecule has 0 fully saturated rings. The lowest BCUT2D eigenvalue weighted by Crippen LogP contribution is -2.45. The molecule has 27 heavy (non-hydrogen) atoms. The zero-order valence-corrected chi connectivity index (χ0v) is 16.6. The predicted molar refractivity (Wildman–Crippen MR) is 107 cm³/mol. The lowest BCUT2D eigenvalue weighted by Gasteiger charge is -2.35. The van der Waals surface area contributed by atoms with Crippen molar-refractivity contribution in [3.63, 3.8) is 0 Å². The zero-order valence-electron chi connectivity index (χ0n) is 15.8. The molecule has 0 aromatic heterocycles. The molecule has 1 aliphatic heterocycles. The van der Waals surface area contributed by atoms with Crippen molar-refractivity contribution in [2.75, 3.05) is 31.0 Å². The van der Waals surface area contributed by atoms with Gasteiger partial charge in [-0.2, -0.15) is 0 Å². The number of fused-ring (bicyclic) bond motifs is 1. The maximum absolute atomic E-state index is 13.1. The monoisotopic (exact) mass is 390 g/mol. The number of nitrogens with zero attached hydrogens (tertiary/aromatic N) is 1. The number of nitrogens with one attached hydrogen (secondary N) is 1. The van der Waals surface area contributed by atoms with Crippen LogP contribution in [-0.2, 0) is 0 Å². The lowest BCUT2D eigenvalue weighted by molar-refractivity contribution is 0.188. The van der Waals surface area contributed by atoms with Crippen LogP contribution < -0.4 is 24.4 Å². The molecular formula is C20H23ClN2O4. The van der Waals surface area contributed by atoms with Crippen LogP contribution in [0.4, 0.5) is 16.2 Å². The Morgan fingerprint density at radius 2 is 2.00 bits per heavy atom. The number of carbonyl (C=O) groups is 1. The zero-order chi connectivity index (χ0) is 19.6. The number of urea groups is 1. The smallest absolute Gasteiger partial charge is 0.326 e. The van der Waals surface area contributed by atoms with E-state index in [4.69, 9.17) is 25.8 Å². The third kappa shape index (κ3) is 3.90. The molecule has 1 N–H and O–H groups in total. The first-order valence-electron chi connectivity index (χ1n) is 8.74. The Hall–Kier alpha value is -2.60. The van der Waals surface area contributed by atoms with Crippen molar-refractivity contribution < 1.29 is 19.0 Å². The SMILES string of the molecule is CC[C@H]1CN(C(=O)Nc2cc(Cl)c(OC)cc2OC)c2cc(C)ccc2O1. The fourth-order valence-electron chi connectivity index (χ4n) is 3.00. The van der Waals surface area contributed by atoms with Gasteiger partial charge in [0.15, 0.2) is 0 Å². The average Bonchev–Trinajstić information content (AvgIpc) is 2.67. The van der Waals surface area contributed by atoms with E-state index in [9.17, 15) is 4.79 Å². The minimum atomic E-state index is -0.275. The van der Waals surface area contributed by atoms with Crippen LogP contribution in [0.15, 0.2) is 30.3 Å². The van der Waals surface area contributed by atoms with Gasteiger partial charge in [0.25, 0.3) is 0 Å². The summed E-state index contributed by atoms with van der Waals surface area (Å²) in [5.41, 5.74) is 2.27. The second-order valence-electron chi connectivity index (χ2n) is 6.35. The molecule has 3 rings (SSSR count). The number of aryl methyl sites for hydroxylation is 1. The molecular weight excluding hydrogens is 368 g/mol. The maximum Gasteiger partial charge on any atom is 0.326 e. The normalized spacial score (nSPS) is 15.6. The van der Waals surface area contributed by atoms with E-state index in [1.165, 1.54) is 14.2 Å². The van der Waals surface area contributed by atoms with Crippen LogP contribution in [-0.4, -0.2) is 32.9 Å². The van der Waals surface area contributed by atoms with Crippen molar-refractivity contribution in [2.45, 2.75) is 26.4 Å². The summed E-state index contributed by atoms with van der Waals surface area (Å²) in [6.45, 7) is 4.48. The molecule has 0 bridgehead atoms. The van der Waals surface area contributed by atoms with Gasteiger partial charge in [-0.05, 0) is 37.1 Å². The van der Waals surface area contributed by atoms with Crippen LogP contribution in [0.2, 0.25) is 5.02 Å². The van der Waals surface area contributed by atoms with Crippen LogP contribution in [0.3, 0.4) is 0 Å². The Labute approximate surface area is 164 Å². The molecule has 0 spiro atoms. The first-order chi connectivity index (χ1) is 13.0. The van der Waals surface area contributed by atoms with Gasteiger partial charge in [0.2, 0.25) is 0 Å².